The largest absolute Gasteiger partial charge is 0.438 e. The van der Waals surface area contributed by atoms with Crippen molar-refractivity contribution in [2.24, 2.45) is 0 Å². The van der Waals surface area contributed by atoms with E-state index in [1.807, 2.05) is 48.5 Å². The molecule has 0 radical (unpaired) electrons. The van der Waals surface area contributed by atoms with Crippen LogP contribution in [0.15, 0.2) is 177 Å². The van der Waals surface area contributed by atoms with Crippen molar-refractivity contribution < 1.29 is 13.3 Å². The molecule has 54 heavy (non-hydrogen) atoms. The predicted octanol–water partition coefficient (Wildman–Crippen LogP) is 12.3. The molecule has 0 bridgehead atoms. The van der Waals surface area contributed by atoms with E-state index in [1.165, 1.54) is 6.33 Å². The zero-order valence-corrected chi connectivity index (χ0v) is 28.5. The molecule has 0 saturated carbocycles. The lowest BCUT2D eigenvalue weighted by Crippen LogP contribution is -2.09. The normalized spacial score (nSPS) is 11.7. The van der Waals surface area contributed by atoms with Crippen LogP contribution in [0.4, 0.5) is 17.1 Å². The van der Waals surface area contributed by atoms with Gasteiger partial charge < -0.3 is 18.2 Å². The first-order valence-corrected chi connectivity index (χ1v) is 17.6. The summed E-state index contributed by atoms with van der Waals surface area (Å²) in [4.78, 5) is 20.1. The average Bonchev–Trinajstić information content (AvgIpc) is 3.96. The zero-order valence-electron chi connectivity index (χ0n) is 28.5. The van der Waals surface area contributed by atoms with E-state index in [4.69, 9.17) is 23.2 Å². The number of oxazole rings is 2. The summed E-state index contributed by atoms with van der Waals surface area (Å²) >= 11 is 0. The first kappa shape index (κ1) is 30.1. The number of anilines is 3. The highest BCUT2D eigenvalue weighted by Gasteiger charge is 2.17. The van der Waals surface area contributed by atoms with Gasteiger partial charge in [0, 0.05) is 39.8 Å². The highest BCUT2D eigenvalue weighted by molar-refractivity contribution is 6.04. The third kappa shape index (κ3) is 5.08. The summed E-state index contributed by atoms with van der Waals surface area (Å²) in [6, 6.07) is 51.6. The second kappa shape index (κ2) is 12.0. The Kier molecular flexibility index (Phi) is 6.69. The summed E-state index contributed by atoms with van der Waals surface area (Å²) in [6.45, 7) is 0. The minimum atomic E-state index is 0.589. The standard InChI is InChI=1S/C46H27N5O3/c1-3-7-41-39(5-1)49-44(52-41)28-11-17-34(18-12-28)51(35-19-13-29(14-20-35)45-50-40-6-2-4-8-42(40)53-45)36-21-15-31-23-30(9-10-32(31)24-36)33-16-22-37-38-26-47-27-48-46(38)54-43(37)25-33/h1-27H. The number of para-hydroxylation sites is 4. The monoisotopic (exact) mass is 697 g/mol. The Hall–Kier alpha value is -7.58. The zero-order chi connectivity index (χ0) is 35.6. The van der Waals surface area contributed by atoms with Gasteiger partial charge in [0.05, 0.1) is 5.39 Å². The molecule has 0 unspecified atom stereocenters. The van der Waals surface area contributed by atoms with Crippen LogP contribution in [0.3, 0.4) is 0 Å². The van der Waals surface area contributed by atoms with Gasteiger partial charge in [-0.2, -0.15) is 0 Å². The van der Waals surface area contributed by atoms with Crippen LogP contribution in [0.5, 0.6) is 0 Å². The summed E-state index contributed by atoms with van der Waals surface area (Å²) in [5.41, 5.74) is 11.6. The predicted molar refractivity (Wildman–Crippen MR) is 213 cm³/mol. The highest BCUT2D eigenvalue weighted by Crippen LogP contribution is 2.39. The third-order valence-electron chi connectivity index (χ3n) is 9.90. The Morgan fingerprint density at radius 3 is 1.65 bits per heavy atom. The molecule has 0 aliphatic heterocycles. The van der Waals surface area contributed by atoms with Gasteiger partial charge in [0.15, 0.2) is 11.2 Å². The maximum Gasteiger partial charge on any atom is 0.230 e. The lowest BCUT2D eigenvalue weighted by molar-refractivity contribution is 0.619. The van der Waals surface area contributed by atoms with Gasteiger partial charge in [-0.3, -0.25) is 0 Å². The second-order valence-electron chi connectivity index (χ2n) is 13.2. The Bertz CT molecular complexity index is 3000. The molecule has 11 rings (SSSR count). The van der Waals surface area contributed by atoms with Crippen LogP contribution in [0.25, 0.3) is 89.1 Å². The lowest BCUT2D eigenvalue weighted by Gasteiger charge is -2.26. The molecular weight excluding hydrogens is 671 g/mol. The first-order chi connectivity index (χ1) is 26.7. The van der Waals surface area contributed by atoms with E-state index in [-0.39, 0.29) is 0 Å². The molecule has 0 saturated heterocycles. The third-order valence-corrected chi connectivity index (χ3v) is 9.90. The van der Waals surface area contributed by atoms with E-state index >= 15 is 0 Å². The van der Waals surface area contributed by atoms with Crippen molar-refractivity contribution >= 4 is 72.1 Å². The first-order valence-electron chi connectivity index (χ1n) is 17.6. The fourth-order valence-electron chi connectivity index (χ4n) is 7.19. The summed E-state index contributed by atoms with van der Waals surface area (Å²) in [7, 11) is 0. The molecule has 0 atom stereocenters. The molecule has 0 fully saturated rings. The molecule has 4 heterocycles. The maximum absolute atomic E-state index is 6.08. The number of rotatable bonds is 6. The molecule has 0 spiro atoms. The molecule has 11 aromatic rings. The van der Waals surface area contributed by atoms with Gasteiger partial charge in [0.1, 0.15) is 22.9 Å². The maximum atomic E-state index is 6.08. The van der Waals surface area contributed by atoms with Gasteiger partial charge in [-0.1, -0.05) is 48.5 Å². The van der Waals surface area contributed by atoms with Crippen LogP contribution in [0.2, 0.25) is 0 Å². The molecule has 0 aliphatic rings. The quantitative estimate of drug-likeness (QED) is 0.169. The molecule has 0 aliphatic carbocycles. The van der Waals surface area contributed by atoms with Crippen molar-refractivity contribution in [2.75, 3.05) is 4.90 Å². The van der Waals surface area contributed by atoms with Crippen LogP contribution in [-0.4, -0.2) is 19.9 Å². The molecule has 4 aromatic heterocycles. The number of benzene rings is 7. The SMILES string of the molecule is c1ccc2oc(-c3ccc(N(c4ccc(-c5nc6ccccc6o5)cc4)c4ccc5cc(-c6ccc7c(c6)oc6ncncc67)ccc5c4)cc3)nc2c1. The smallest absolute Gasteiger partial charge is 0.230 e. The van der Waals surface area contributed by atoms with E-state index in [0.29, 0.717) is 17.5 Å². The van der Waals surface area contributed by atoms with Crippen LogP contribution in [0, 0.1) is 0 Å². The minimum Gasteiger partial charge on any atom is -0.438 e. The molecule has 0 N–H and O–H groups in total. The highest BCUT2D eigenvalue weighted by atomic mass is 16.4. The summed E-state index contributed by atoms with van der Waals surface area (Å²) in [5, 5.41) is 4.16. The van der Waals surface area contributed by atoms with Crippen molar-refractivity contribution in [1.29, 1.82) is 0 Å². The van der Waals surface area contributed by atoms with E-state index < -0.39 is 0 Å². The van der Waals surface area contributed by atoms with Gasteiger partial charge in [0.25, 0.3) is 0 Å². The molecule has 254 valence electrons. The van der Waals surface area contributed by atoms with Crippen LogP contribution < -0.4 is 4.90 Å². The molecule has 7 aromatic carbocycles. The van der Waals surface area contributed by atoms with Gasteiger partial charge in [-0.25, -0.2) is 19.9 Å². The number of furan rings is 1. The molecule has 0 amide bonds. The minimum absolute atomic E-state index is 0.589. The van der Waals surface area contributed by atoms with Crippen LogP contribution in [0.1, 0.15) is 0 Å². The van der Waals surface area contributed by atoms with Crippen molar-refractivity contribution in [3.63, 3.8) is 0 Å². The van der Waals surface area contributed by atoms with Crippen molar-refractivity contribution in [1.82, 2.24) is 19.9 Å². The van der Waals surface area contributed by atoms with E-state index in [9.17, 15) is 0 Å². The lowest BCUT2D eigenvalue weighted by atomic mass is 9.99. The fraction of sp³-hybridized carbons (Fsp3) is 0. The number of hydrogen-bond acceptors (Lipinski definition) is 8. The topological polar surface area (TPSA) is 94.2 Å². The van der Waals surface area contributed by atoms with E-state index in [2.05, 4.69) is 118 Å². The van der Waals surface area contributed by atoms with Crippen molar-refractivity contribution in [3.05, 3.63) is 164 Å². The van der Waals surface area contributed by atoms with Crippen LogP contribution >= 0.6 is 0 Å². The Morgan fingerprint density at radius 2 is 0.981 bits per heavy atom. The summed E-state index contributed by atoms with van der Waals surface area (Å²) in [5.74, 6) is 1.18. The number of hydrogen-bond donors (Lipinski definition) is 0. The van der Waals surface area contributed by atoms with E-state index in [1.54, 1.807) is 6.20 Å². The average molecular weight is 698 g/mol. The van der Waals surface area contributed by atoms with Gasteiger partial charge in [-0.15, -0.1) is 0 Å². The number of aromatic nitrogens is 4. The Morgan fingerprint density at radius 1 is 0.426 bits per heavy atom. The summed E-state index contributed by atoms with van der Waals surface area (Å²) < 4.78 is 18.2. The number of nitrogens with zero attached hydrogens (tertiary/aromatic N) is 5. The van der Waals surface area contributed by atoms with Gasteiger partial charge >= 0.3 is 0 Å². The van der Waals surface area contributed by atoms with E-state index in [0.717, 1.165) is 88.6 Å². The Balaban J connectivity index is 0.972. The van der Waals surface area contributed by atoms with Crippen molar-refractivity contribution in [2.45, 2.75) is 0 Å². The van der Waals surface area contributed by atoms with Gasteiger partial charge in [-0.05, 0) is 125 Å². The Labute approximate surface area is 307 Å². The van der Waals surface area contributed by atoms with Crippen LogP contribution in [-0.2, 0) is 0 Å². The second-order valence-corrected chi connectivity index (χ2v) is 13.2. The molecule has 8 nitrogen and oxygen atoms in total. The number of fused-ring (bicyclic) bond motifs is 6. The fourth-order valence-corrected chi connectivity index (χ4v) is 7.19. The summed E-state index contributed by atoms with van der Waals surface area (Å²) in [6.07, 6.45) is 3.30. The van der Waals surface area contributed by atoms with Gasteiger partial charge in [0.2, 0.25) is 17.5 Å². The molecular formula is C46H27N5O3. The van der Waals surface area contributed by atoms with Crippen molar-refractivity contribution in [3.8, 4) is 34.0 Å². The molecule has 8 heteroatoms.